The van der Waals surface area contributed by atoms with Gasteiger partial charge in [-0.2, -0.15) is 0 Å². The van der Waals surface area contributed by atoms with Gasteiger partial charge in [0.25, 0.3) is 0 Å². The van der Waals surface area contributed by atoms with Crippen LogP contribution in [0, 0.1) is 11.6 Å². The molecule has 0 amide bonds. The van der Waals surface area contributed by atoms with Crippen molar-refractivity contribution < 1.29 is 18.6 Å². The number of halogens is 3. The van der Waals surface area contributed by atoms with Crippen LogP contribution in [0.15, 0.2) is 36.4 Å². The summed E-state index contributed by atoms with van der Waals surface area (Å²) in [5.41, 5.74) is 0.236. The molecule has 0 aliphatic heterocycles. The molecule has 0 bridgehead atoms. The smallest absolute Gasteiger partial charge is 0.184 e. The van der Waals surface area contributed by atoms with E-state index in [1.807, 2.05) is 0 Å². The Morgan fingerprint density at radius 3 is 2.53 bits per heavy atom. The van der Waals surface area contributed by atoms with E-state index in [1.54, 1.807) is 0 Å². The minimum atomic E-state index is -0.937. The second-order valence-electron chi connectivity index (χ2n) is 3.99. The van der Waals surface area contributed by atoms with E-state index in [0.717, 1.165) is 0 Å². The first-order valence-corrected chi connectivity index (χ1v) is 5.97. The van der Waals surface area contributed by atoms with Crippen LogP contribution in [0.25, 0.3) is 0 Å². The average Bonchev–Trinajstić information content (AvgIpc) is 2.36. The monoisotopic (exact) mass is 284 g/mol. The van der Waals surface area contributed by atoms with E-state index in [0.29, 0.717) is 0 Å². The van der Waals surface area contributed by atoms with Gasteiger partial charge in [-0.3, -0.25) is 0 Å². The van der Waals surface area contributed by atoms with Gasteiger partial charge in [0.1, 0.15) is 0 Å². The Morgan fingerprint density at radius 2 is 1.84 bits per heavy atom. The number of hydrogen-bond acceptors (Lipinski definition) is 2. The van der Waals surface area contributed by atoms with Crippen molar-refractivity contribution in [2.24, 2.45) is 0 Å². The molecule has 2 aromatic carbocycles. The van der Waals surface area contributed by atoms with Crippen LogP contribution in [-0.4, -0.2) is 5.11 Å². The highest BCUT2D eigenvalue weighted by molar-refractivity contribution is 6.30. The molecule has 0 saturated carbocycles. The molecule has 0 fully saturated rings. The molecule has 0 aliphatic rings. The number of hydrogen-bond donors (Lipinski definition) is 1. The molecule has 0 saturated heterocycles. The van der Waals surface area contributed by atoms with E-state index >= 15 is 0 Å². The van der Waals surface area contributed by atoms with Crippen molar-refractivity contribution in [1.82, 2.24) is 0 Å². The number of benzene rings is 2. The van der Waals surface area contributed by atoms with Gasteiger partial charge in [-0.1, -0.05) is 29.8 Å². The second kappa shape index (κ2) is 5.55. The molecule has 0 radical (unpaired) electrons. The highest BCUT2D eigenvalue weighted by atomic mass is 35.5. The molecule has 2 nitrogen and oxygen atoms in total. The van der Waals surface area contributed by atoms with Crippen molar-refractivity contribution in [3.63, 3.8) is 0 Å². The van der Waals surface area contributed by atoms with Gasteiger partial charge in [0.05, 0.1) is 11.1 Å². The summed E-state index contributed by atoms with van der Waals surface area (Å²) in [4.78, 5) is 0. The zero-order valence-electron chi connectivity index (χ0n) is 10.0. The van der Waals surface area contributed by atoms with Crippen LogP contribution in [0.1, 0.15) is 18.6 Å². The molecule has 19 heavy (non-hydrogen) atoms. The predicted molar refractivity (Wildman–Crippen MR) is 68.5 cm³/mol. The van der Waals surface area contributed by atoms with Crippen LogP contribution in [-0.2, 0) is 0 Å². The van der Waals surface area contributed by atoms with E-state index in [2.05, 4.69) is 0 Å². The van der Waals surface area contributed by atoms with E-state index in [1.165, 1.54) is 43.3 Å². The summed E-state index contributed by atoms with van der Waals surface area (Å²) in [7, 11) is 0. The Bertz CT molecular complexity index is 600. The van der Waals surface area contributed by atoms with Crippen molar-refractivity contribution in [2.45, 2.75) is 13.0 Å². The third-order valence-electron chi connectivity index (χ3n) is 2.58. The van der Waals surface area contributed by atoms with Gasteiger partial charge in [0, 0.05) is 5.56 Å². The number of rotatable bonds is 3. The fraction of sp³-hybridized carbons (Fsp3) is 0.143. The highest BCUT2D eigenvalue weighted by Crippen LogP contribution is 2.34. The summed E-state index contributed by atoms with van der Waals surface area (Å²) >= 11 is 5.62. The van der Waals surface area contributed by atoms with Crippen molar-refractivity contribution in [3.8, 4) is 11.5 Å². The van der Waals surface area contributed by atoms with Crippen molar-refractivity contribution in [3.05, 3.63) is 58.6 Å². The lowest BCUT2D eigenvalue weighted by atomic mass is 10.1. The second-order valence-corrected chi connectivity index (χ2v) is 4.40. The van der Waals surface area contributed by atoms with E-state index in [4.69, 9.17) is 16.3 Å². The normalized spacial score (nSPS) is 12.3. The minimum Gasteiger partial charge on any atom is -0.451 e. The molecule has 1 N–H and O–H groups in total. The molecule has 0 aromatic heterocycles. The summed E-state index contributed by atoms with van der Waals surface area (Å²) in [5, 5.41) is 9.45. The molecular formula is C14H11ClF2O2. The largest absolute Gasteiger partial charge is 0.451 e. The van der Waals surface area contributed by atoms with E-state index in [-0.39, 0.29) is 22.1 Å². The minimum absolute atomic E-state index is 0.118. The first kappa shape index (κ1) is 13.8. The standard InChI is InChI=1S/C14H11ClF2O2/c1-8(18)9-4-2-6-11(16)14(9)19-12-7-3-5-10(15)13(12)17/h2-8,18H,1H3. The molecule has 0 spiro atoms. The number of ether oxygens (including phenoxy) is 1. The average molecular weight is 285 g/mol. The molecule has 100 valence electrons. The first-order valence-electron chi connectivity index (χ1n) is 5.59. The van der Waals surface area contributed by atoms with Gasteiger partial charge in [-0.15, -0.1) is 0 Å². The fourth-order valence-electron chi connectivity index (χ4n) is 1.63. The molecule has 1 unspecified atom stereocenters. The Morgan fingerprint density at radius 1 is 1.16 bits per heavy atom. The maximum Gasteiger partial charge on any atom is 0.184 e. The SMILES string of the molecule is CC(O)c1cccc(F)c1Oc1cccc(Cl)c1F. The summed E-state index contributed by atoms with van der Waals surface area (Å²) in [6.07, 6.45) is -0.937. The number of aliphatic hydroxyl groups is 1. The molecule has 5 heteroatoms. The molecule has 2 aromatic rings. The maximum atomic E-state index is 13.7. The summed E-state index contributed by atoms with van der Waals surface area (Å²) in [6, 6.07) is 8.30. The van der Waals surface area contributed by atoms with Gasteiger partial charge < -0.3 is 9.84 Å². The lowest BCUT2D eigenvalue weighted by molar-refractivity contribution is 0.194. The zero-order valence-corrected chi connectivity index (χ0v) is 10.8. The van der Waals surface area contributed by atoms with Gasteiger partial charge in [-0.25, -0.2) is 8.78 Å². The van der Waals surface area contributed by atoms with Crippen LogP contribution in [0.4, 0.5) is 8.78 Å². The van der Waals surface area contributed by atoms with Gasteiger partial charge in [0.2, 0.25) is 0 Å². The van der Waals surface area contributed by atoms with E-state index in [9.17, 15) is 13.9 Å². The van der Waals surface area contributed by atoms with E-state index < -0.39 is 17.7 Å². The molecule has 0 heterocycles. The molecule has 0 aliphatic carbocycles. The van der Waals surface area contributed by atoms with Gasteiger partial charge >= 0.3 is 0 Å². The predicted octanol–water partition coefficient (Wildman–Crippen LogP) is 4.46. The Labute approximate surface area is 114 Å². The molecule has 1 atom stereocenters. The number of para-hydroxylation sites is 1. The van der Waals surface area contributed by atoms with Crippen LogP contribution in [0.5, 0.6) is 11.5 Å². The topological polar surface area (TPSA) is 29.5 Å². The Balaban J connectivity index is 2.46. The first-order chi connectivity index (χ1) is 9.00. The Kier molecular flexibility index (Phi) is 4.02. The van der Waals surface area contributed by atoms with Crippen molar-refractivity contribution in [1.29, 1.82) is 0 Å². The number of aliphatic hydroxyl groups excluding tert-OH is 1. The van der Waals surface area contributed by atoms with Gasteiger partial charge in [0.15, 0.2) is 23.1 Å². The third-order valence-corrected chi connectivity index (χ3v) is 2.87. The molecular weight excluding hydrogens is 274 g/mol. The van der Waals surface area contributed by atoms with Crippen molar-refractivity contribution in [2.75, 3.05) is 0 Å². The van der Waals surface area contributed by atoms with Crippen LogP contribution >= 0.6 is 11.6 Å². The Hall–Kier alpha value is -1.65. The maximum absolute atomic E-state index is 13.7. The quantitative estimate of drug-likeness (QED) is 0.901. The van der Waals surface area contributed by atoms with Crippen LogP contribution in [0.3, 0.4) is 0 Å². The highest BCUT2D eigenvalue weighted by Gasteiger charge is 2.17. The third kappa shape index (κ3) is 2.85. The van der Waals surface area contributed by atoms with Gasteiger partial charge in [-0.05, 0) is 25.1 Å². The summed E-state index contributed by atoms with van der Waals surface area (Å²) in [5.74, 6) is -1.86. The van der Waals surface area contributed by atoms with Crippen LogP contribution in [0.2, 0.25) is 5.02 Å². The van der Waals surface area contributed by atoms with Crippen LogP contribution < -0.4 is 4.74 Å². The summed E-state index contributed by atoms with van der Waals surface area (Å²) in [6.45, 7) is 1.47. The lowest BCUT2D eigenvalue weighted by Crippen LogP contribution is -1.99. The fourth-order valence-corrected chi connectivity index (χ4v) is 1.80. The zero-order chi connectivity index (χ0) is 14.0. The summed E-state index contributed by atoms with van der Waals surface area (Å²) < 4.78 is 32.7. The molecule has 2 rings (SSSR count). The lowest BCUT2D eigenvalue weighted by Gasteiger charge is -2.14. The van der Waals surface area contributed by atoms with Crippen molar-refractivity contribution >= 4 is 11.6 Å².